The molecule has 1 heterocycles. The standard InChI is InChI=1S/C18H27N3O2/c1-12(2)17-15(18(23-5)21(4)20-17)10-19-11-16(22)14-8-6-13(3)7-9-14/h6-9,12,16,19,22H,10-11H2,1-5H3. The molecule has 2 N–H and O–H groups in total. The zero-order valence-corrected chi connectivity index (χ0v) is 14.6. The van der Waals surface area contributed by atoms with Crippen LogP contribution in [0.25, 0.3) is 0 Å². The molecular weight excluding hydrogens is 290 g/mol. The number of aryl methyl sites for hydroxylation is 2. The number of aliphatic hydroxyl groups is 1. The number of hydrogen-bond acceptors (Lipinski definition) is 4. The van der Waals surface area contributed by atoms with E-state index >= 15 is 0 Å². The molecule has 2 aromatic rings. The van der Waals surface area contributed by atoms with E-state index in [4.69, 9.17) is 4.74 Å². The number of hydrogen-bond donors (Lipinski definition) is 2. The van der Waals surface area contributed by atoms with Crippen LogP contribution in [-0.4, -0.2) is 28.5 Å². The van der Waals surface area contributed by atoms with Gasteiger partial charge in [0.1, 0.15) is 0 Å². The number of ether oxygens (including phenoxy) is 1. The molecule has 0 saturated carbocycles. The van der Waals surface area contributed by atoms with Crippen LogP contribution in [-0.2, 0) is 13.6 Å². The Morgan fingerprint density at radius 2 is 1.91 bits per heavy atom. The lowest BCUT2D eigenvalue weighted by molar-refractivity contribution is 0.174. The van der Waals surface area contributed by atoms with Gasteiger partial charge >= 0.3 is 0 Å². The van der Waals surface area contributed by atoms with Gasteiger partial charge in [-0.3, -0.25) is 0 Å². The topological polar surface area (TPSA) is 59.3 Å². The predicted molar refractivity (Wildman–Crippen MR) is 91.7 cm³/mol. The average Bonchev–Trinajstić information content (AvgIpc) is 2.84. The molecule has 5 heteroatoms. The van der Waals surface area contributed by atoms with E-state index in [1.807, 2.05) is 38.2 Å². The van der Waals surface area contributed by atoms with Crippen molar-refractivity contribution in [2.45, 2.75) is 39.3 Å². The Balaban J connectivity index is 2.02. The Bertz CT molecular complexity index is 632. The van der Waals surface area contributed by atoms with Gasteiger partial charge in [-0.2, -0.15) is 5.10 Å². The molecule has 5 nitrogen and oxygen atoms in total. The second kappa shape index (κ2) is 7.62. The highest BCUT2D eigenvalue weighted by atomic mass is 16.5. The van der Waals surface area contributed by atoms with Gasteiger partial charge in [-0.05, 0) is 18.4 Å². The maximum Gasteiger partial charge on any atom is 0.216 e. The van der Waals surface area contributed by atoms with Crippen LogP contribution in [0, 0.1) is 6.92 Å². The van der Waals surface area contributed by atoms with Crippen molar-refractivity contribution in [2.24, 2.45) is 7.05 Å². The zero-order chi connectivity index (χ0) is 17.0. The van der Waals surface area contributed by atoms with Gasteiger partial charge in [-0.15, -0.1) is 0 Å². The Morgan fingerprint density at radius 1 is 1.26 bits per heavy atom. The molecular formula is C18H27N3O2. The summed E-state index contributed by atoms with van der Waals surface area (Å²) in [6.45, 7) is 7.38. The smallest absolute Gasteiger partial charge is 0.216 e. The van der Waals surface area contributed by atoms with E-state index in [1.54, 1.807) is 11.8 Å². The molecule has 23 heavy (non-hydrogen) atoms. The number of benzene rings is 1. The molecule has 0 aliphatic carbocycles. The van der Waals surface area contributed by atoms with Crippen LogP contribution in [0.2, 0.25) is 0 Å². The van der Waals surface area contributed by atoms with E-state index < -0.39 is 6.10 Å². The number of methoxy groups -OCH3 is 1. The minimum absolute atomic E-state index is 0.323. The van der Waals surface area contributed by atoms with Crippen LogP contribution < -0.4 is 10.1 Å². The first-order valence-electron chi connectivity index (χ1n) is 7.99. The van der Waals surface area contributed by atoms with Gasteiger partial charge in [0.25, 0.3) is 0 Å². The van der Waals surface area contributed by atoms with Crippen molar-refractivity contribution in [3.63, 3.8) is 0 Å². The van der Waals surface area contributed by atoms with Crippen LogP contribution in [0.15, 0.2) is 24.3 Å². The van der Waals surface area contributed by atoms with E-state index in [0.717, 1.165) is 22.7 Å². The van der Waals surface area contributed by atoms with Crippen LogP contribution in [0.1, 0.15) is 48.3 Å². The van der Waals surface area contributed by atoms with E-state index in [1.165, 1.54) is 5.56 Å². The zero-order valence-electron chi connectivity index (χ0n) is 14.6. The van der Waals surface area contributed by atoms with Gasteiger partial charge in [-0.25, -0.2) is 4.68 Å². The quantitative estimate of drug-likeness (QED) is 0.824. The summed E-state index contributed by atoms with van der Waals surface area (Å²) in [5, 5.41) is 18.1. The van der Waals surface area contributed by atoms with Gasteiger partial charge in [0.2, 0.25) is 5.88 Å². The van der Waals surface area contributed by atoms with E-state index in [-0.39, 0.29) is 0 Å². The maximum absolute atomic E-state index is 10.3. The van der Waals surface area contributed by atoms with Crippen molar-refractivity contribution in [3.8, 4) is 5.88 Å². The number of aromatic nitrogens is 2. The second-order valence-electron chi connectivity index (χ2n) is 6.21. The summed E-state index contributed by atoms with van der Waals surface area (Å²) < 4.78 is 7.23. The van der Waals surface area contributed by atoms with Gasteiger partial charge in [0, 0.05) is 20.1 Å². The SMILES string of the molecule is COc1c(CNCC(O)c2ccc(C)cc2)c(C(C)C)nn1C. The van der Waals surface area contributed by atoms with Crippen LogP contribution in [0.5, 0.6) is 5.88 Å². The number of nitrogens with one attached hydrogen (secondary N) is 1. The lowest BCUT2D eigenvalue weighted by Crippen LogP contribution is -2.22. The van der Waals surface area contributed by atoms with E-state index in [2.05, 4.69) is 24.3 Å². The van der Waals surface area contributed by atoms with Crippen molar-refractivity contribution in [2.75, 3.05) is 13.7 Å². The predicted octanol–water partition coefficient (Wildman–Crippen LogP) is 2.68. The number of nitrogens with zero attached hydrogens (tertiary/aromatic N) is 2. The Labute approximate surface area is 138 Å². The highest BCUT2D eigenvalue weighted by Crippen LogP contribution is 2.27. The molecule has 0 spiro atoms. The van der Waals surface area contributed by atoms with Crippen molar-refractivity contribution in [3.05, 3.63) is 46.6 Å². The number of aliphatic hydroxyl groups excluding tert-OH is 1. The summed E-state index contributed by atoms with van der Waals surface area (Å²) in [5.41, 5.74) is 4.20. The highest BCUT2D eigenvalue weighted by Gasteiger charge is 2.19. The lowest BCUT2D eigenvalue weighted by Gasteiger charge is -2.14. The first-order valence-corrected chi connectivity index (χ1v) is 7.99. The van der Waals surface area contributed by atoms with Gasteiger partial charge in [-0.1, -0.05) is 43.7 Å². The summed E-state index contributed by atoms with van der Waals surface area (Å²) in [7, 11) is 3.54. The van der Waals surface area contributed by atoms with Crippen LogP contribution >= 0.6 is 0 Å². The molecule has 1 unspecified atom stereocenters. The molecule has 0 radical (unpaired) electrons. The second-order valence-corrected chi connectivity index (χ2v) is 6.21. The van der Waals surface area contributed by atoms with Crippen molar-refractivity contribution >= 4 is 0 Å². The molecule has 1 aromatic heterocycles. The van der Waals surface area contributed by atoms with Crippen LogP contribution in [0.4, 0.5) is 0 Å². The minimum atomic E-state index is -0.527. The molecule has 2 rings (SSSR count). The van der Waals surface area contributed by atoms with Crippen LogP contribution in [0.3, 0.4) is 0 Å². The Kier molecular flexibility index (Phi) is 5.80. The third kappa shape index (κ3) is 4.12. The molecule has 1 atom stereocenters. The van der Waals surface area contributed by atoms with Crippen molar-refractivity contribution in [1.82, 2.24) is 15.1 Å². The molecule has 0 aliphatic heterocycles. The fourth-order valence-corrected chi connectivity index (χ4v) is 2.70. The van der Waals surface area contributed by atoms with Crippen molar-refractivity contribution < 1.29 is 9.84 Å². The van der Waals surface area contributed by atoms with Gasteiger partial charge in [0.05, 0.1) is 24.5 Å². The lowest BCUT2D eigenvalue weighted by atomic mass is 10.1. The van der Waals surface area contributed by atoms with Gasteiger partial charge < -0.3 is 15.2 Å². The van der Waals surface area contributed by atoms with Crippen molar-refractivity contribution in [1.29, 1.82) is 0 Å². The monoisotopic (exact) mass is 317 g/mol. The minimum Gasteiger partial charge on any atom is -0.481 e. The summed E-state index contributed by atoms with van der Waals surface area (Å²) in [5.74, 6) is 1.09. The Hall–Kier alpha value is -1.85. The normalized spacial score (nSPS) is 12.7. The molecule has 126 valence electrons. The summed E-state index contributed by atoms with van der Waals surface area (Å²) in [4.78, 5) is 0. The molecule has 0 saturated heterocycles. The number of rotatable bonds is 7. The third-order valence-electron chi connectivity index (χ3n) is 3.96. The average molecular weight is 317 g/mol. The summed E-state index contributed by atoms with van der Waals surface area (Å²) in [6.07, 6.45) is -0.527. The molecule has 0 bridgehead atoms. The van der Waals surface area contributed by atoms with Gasteiger partial charge in [0.15, 0.2) is 0 Å². The first kappa shape index (κ1) is 17.5. The van der Waals surface area contributed by atoms with E-state index in [9.17, 15) is 5.11 Å². The third-order valence-corrected chi connectivity index (χ3v) is 3.96. The Morgan fingerprint density at radius 3 is 2.48 bits per heavy atom. The summed E-state index contributed by atoms with van der Waals surface area (Å²) >= 11 is 0. The molecule has 0 fully saturated rings. The molecule has 1 aromatic carbocycles. The largest absolute Gasteiger partial charge is 0.481 e. The fraction of sp³-hybridized carbons (Fsp3) is 0.500. The molecule has 0 amide bonds. The first-order chi connectivity index (χ1) is 10.9. The van der Waals surface area contributed by atoms with E-state index in [0.29, 0.717) is 19.0 Å². The highest BCUT2D eigenvalue weighted by molar-refractivity contribution is 5.33. The maximum atomic E-state index is 10.3. The summed E-state index contributed by atoms with van der Waals surface area (Å²) in [6, 6.07) is 7.96. The molecule has 0 aliphatic rings. The fourth-order valence-electron chi connectivity index (χ4n) is 2.70.